The summed E-state index contributed by atoms with van der Waals surface area (Å²) in [4.78, 5) is 8.44. The third-order valence-electron chi connectivity index (χ3n) is 6.51. The summed E-state index contributed by atoms with van der Waals surface area (Å²) in [6.07, 6.45) is 9.48. The first kappa shape index (κ1) is 22.6. The molecule has 0 fully saturated rings. The van der Waals surface area contributed by atoms with Gasteiger partial charge in [-0.1, -0.05) is 29.5 Å². The monoisotopic (exact) mass is 497 g/mol. The van der Waals surface area contributed by atoms with E-state index in [9.17, 15) is 0 Å². The molecule has 1 aliphatic heterocycles. The van der Waals surface area contributed by atoms with Gasteiger partial charge in [0.25, 0.3) is 0 Å². The molecule has 9 heteroatoms. The molecule has 6 rings (SSSR count). The summed E-state index contributed by atoms with van der Waals surface area (Å²) >= 11 is 1.78. The average molecular weight is 498 g/mol. The van der Waals surface area contributed by atoms with Crippen molar-refractivity contribution in [2.75, 3.05) is 25.2 Å². The highest BCUT2D eigenvalue weighted by molar-refractivity contribution is 7.15. The first-order valence-corrected chi connectivity index (χ1v) is 12.9. The Balaban J connectivity index is 1.18. The number of ether oxygens (including phenoxy) is 1. The molecule has 0 atom stereocenters. The van der Waals surface area contributed by atoms with Gasteiger partial charge in [0, 0.05) is 55.7 Å². The molecule has 0 radical (unpaired) electrons. The summed E-state index contributed by atoms with van der Waals surface area (Å²) in [5.74, 6) is 0. The normalized spacial score (nSPS) is 13.2. The summed E-state index contributed by atoms with van der Waals surface area (Å²) in [6.45, 7) is 3.11. The van der Waals surface area contributed by atoms with Crippen LogP contribution in [0.2, 0.25) is 0 Å². The van der Waals surface area contributed by atoms with E-state index in [1.54, 1.807) is 24.6 Å². The van der Waals surface area contributed by atoms with Gasteiger partial charge in [0.05, 0.1) is 30.7 Å². The van der Waals surface area contributed by atoms with Crippen LogP contribution in [0.5, 0.6) is 0 Å². The number of hydrogen-bond acceptors (Lipinski definition) is 7. The first-order valence-electron chi connectivity index (χ1n) is 12.0. The molecule has 0 aliphatic carbocycles. The van der Waals surface area contributed by atoms with Gasteiger partial charge in [0.15, 0.2) is 5.13 Å². The van der Waals surface area contributed by atoms with Crippen LogP contribution in [-0.2, 0) is 30.7 Å². The lowest BCUT2D eigenvalue weighted by molar-refractivity contribution is 0.183. The van der Waals surface area contributed by atoms with Crippen LogP contribution in [-0.4, -0.2) is 50.0 Å². The summed E-state index contributed by atoms with van der Waals surface area (Å²) in [5, 5.41) is 13.8. The van der Waals surface area contributed by atoms with Crippen molar-refractivity contribution >= 4 is 16.5 Å². The maximum absolute atomic E-state index is 5.22. The number of fused-ring (bicyclic) bond motifs is 1. The van der Waals surface area contributed by atoms with Crippen molar-refractivity contribution < 1.29 is 4.74 Å². The van der Waals surface area contributed by atoms with Crippen molar-refractivity contribution in [3.63, 3.8) is 0 Å². The summed E-state index contributed by atoms with van der Waals surface area (Å²) in [7, 11) is 1.70. The van der Waals surface area contributed by atoms with Gasteiger partial charge in [0.1, 0.15) is 0 Å². The second kappa shape index (κ2) is 10.0. The average Bonchev–Trinajstić information content (AvgIpc) is 3.69. The lowest BCUT2D eigenvalue weighted by atomic mass is 9.97. The van der Waals surface area contributed by atoms with Gasteiger partial charge in [-0.3, -0.25) is 0 Å². The number of thiazole rings is 1. The molecule has 36 heavy (non-hydrogen) atoms. The Morgan fingerprint density at radius 2 is 2.03 bits per heavy atom. The topological polar surface area (TPSA) is 73.9 Å². The number of aromatic nitrogens is 6. The van der Waals surface area contributed by atoms with Gasteiger partial charge >= 0.3 is 0 Å². The first-order chi connectivity index (χ1) is 17.8. The number of anilines is 1. The molecule has 8 nitrogen and oxygen atoms in total. The maximum Gasteiger partial charge on any atom is 0.185 e. The number of rotatable bonds is 8. The summed E-state index contributed by atoms with van der Waals surface area (Å²) in [6, 6.07) is 17.2. The van der Waals surface area contributed by atoms with Gasteiger partial charge in [-0.25, -0.2) is 14.3 Å². The number of methoxy groups -OCH3 is 1. The van der Waals surface area contributed by atoms with E-state index in [0.717, 1.165) is 48.0 Å². The Labute approximate surface area is 213 Å². The molecular formula is C27H27N7OS. The van der Waals surface area contributed by atoms with Crippen molar-refractivity contribution in [1.82, 2.24) is 29.8 Å². The maximum atomic E-state index is 5.22. The fourth-order valence-electron chi connectivity index (χ4n) is 4.66. The zero-order valence-corrected chi connectivity index (χ0v) is 20.9. The molecule has 0 spiro atoms. The van der Waals surface area contributed by atoms with Crippen LogP contribution in [0.3, 0.4) is 0 Å². The SMILES string of the molecule is COCCn1nncc1-c1ccc2c(c1)CN(c1ncc(Cc3cccc(-n4cccn4)c3)s1)CC2. The van der Waals surface area contributed by atoms with E-state index in [1.165, 1.54) is 21.6 Å². The molecule has 1 aliphatic rings. The van der Waals surface area contributed by atoms with Crippen LogP contribution in [0.15, 0.2) is 73.3 Å². The van der Waals surface area contributed by atoms with Crippen LogP contribution in [0.4, 0.5) is 5.13 Å². The van der Waals surface area contributed by atoms with Crippen LogP contribution in [0.1, 0.15) is 21.6 Å². The minimum atomic E-state index is 0.606. The lowest BCUT2D eigenvalue weighted by Gasteiger charge is -2.29. The highest BCUT2D eigenvalue weighted by Gasteiger charge is 2.20. The summed E-state index contributed by atoms with van der Waals surface area (Å²) in [5.41, 5.74) is 7.21. The Bertz CT molecular complexity index is 1460. The molecule has 5 aromatic rings. The molecule has 0 amide bonds. The van der Waals surface area contributed by atoms with E-state index in [1.807, 2.05) is 34.0 Å². The molecule has 3 aromatic heterocycles. The molecule has 0 saturated heterocycles. The highest BCUT2D eigenvalue weighted by atomic mass is 32.1. The molecule has 0 unspecified atom stereocenters. The molecule has 0 saturated carbocycles. The third-order valence-corrected chi connectivity index (χ3v) is 7.57. The van der Waals surface area contributed by atoms with Crippen LogP contribution in [0, 0.1) is 0 Å². The van der Waals surface area contributed by atoms with E-state index >= 15 is 0 Å². The van der Waals surface area contributed by atoms with Crippen LogP contribution in [0.25, 0.3) is 16.9 Å². The third kappa shape index (κ3) is 4.67. The minimum absolute atomic E-state index is 0.606. The minimum Gasteiger partial charge on any atom is -0.383 e. The highest BCUT2D eigenvalue weighted by Crippen LogP contribution is 2.31. The predicted octanol–water partition coefficient (Wildman–Crippen LogP) is 4.39. The van der Waals surface area contributed by atoms with Gasteiger partial charge in [-0.2, -0.15) is 5.10 Å². The second-order valence-electron chi connectivity index (χ2n) is 8.90. The number of benzene rings is 2. The van der Waals surface area contributed by atoms with Crippen LogP contribution < -0.4 is 4.90 Å². The quantitative estimate of drug-likeness (QED) is 0.317. The van der Waals surface area contributed by atoms with Crippen molar-refractivity contribution in [3.8, 4) is 16.9 Å². The zero-order valence-electron chi connectivity index (χ0n) is 20.1. The Kier molecular flexibility index (Phi) is 6.31. The largest absolute Gasteiger partial charge is 0.383 e. The van der Waals surface area contributed by atoms with Gasteiger partial charge < -0.3 is 9.64 Å². The Hall–Kier alpha value is -3.82. The standard InChI is InChI=1S/C27H27N7OS/c1-35-13-12-34-26(18-29-31-34)22-7-6-21-8-11-32(19-23(21)16-22)27-28-17-25(36-27)15-20-4-2-5-24(14-20)33-10-3-9-30-33/h2-7,9-10,14,16-18H,8,11-13,15,19H2,1H3. The Morgan fingerprint density at radius 3 is 2.92 bits per heavy atom. The molecular weight excluding hydrogens is 470 g/mol. The zero-order chi connectivity index (χ0) is 24.3. The second-order valence-corrected chi connectivity index (χ2v) is 9.99. The molecule has 2 aromatic carbocycles. The van der Waals surface area contributed by atoms with Crippen molar-refractivity contribution in [1.29, 1.82) is 0 Å². The van der Waals surface area contributed by atoms with E-state index in [2.05, 4.69) is 62.8 Å². The van der Waals surface area contributed by atoms with E-state index in [4.69, 9.17) is 9.72 Å². The van der Waals surface area contributed by atoms with E-state index in [0.29, 0.717) is 13.2 Å². The fraction of sp³-hybridized carbons (Fsp3) is 0.259. The molecule has 4 heterocycles. The van der Waals surface area contributed by atoms with Gasteiger partial charge in [0.2, 0.25) is 0 Å². The fourth-order valence-corrected chi connectivity index (χ4v) is 5.63. The lowest BCUT2D eigenvalue weighted by Crippen LogP contribution is -2.30. The van der Waals surface area contributed by atoms with E-state index < -0.39 is 0 Å². The smallest absolute Gasteiger partial charge is 0.185 e. The van der Waals surface area contributed by atoms with Gasteiger partial charge in [-0.05, 0) is 47.4 Å². The van der Waals surface area contributed by atoms with Crippen molar-refractivity contribution in [2.45, 2.75) is 25.9 Å². The van der Waals surface area contributed by atoms with Crippen molar-refractivity contribution in [3.05, 3.63) is 94.9 Å². The molecule has 182 valence electrons. The van der Waals surface area contributed by atoms with Crippen molar-refractivity contribution in [2.24, 2.45) is 0 Å². The number of hydrogen-bond donors (Lipinski definition) is 0. The van der Waals surface area contributed by atoms with E-state index in [-0.39, 0.29) is 0 Å². The van der Waals surface area contributed by atoms with Crippen LogP contribution >= 0.6 is 11.3 Å². The van der Waals surface area contributed by atoms with Gasteiger partial charge in [-0.15, -0.1) is 16.4 Å². The predicted molar refractivity (Wildman–Crippen MR) is 141 cm³/mol. The molecule has 0 N–H and O–H groups in total. The summed E-state index contributed by atoms with van der Waals surface area (Å²) < 4.78 is 9.01. The molecule has 0 bridgehead atoms. The Morgan fingerprint density at radius 1 is 1.06 bits per heavy atom. The number of nitrogens with zero attached hydrogens (tertiary/aromatic N) is 7.